The Balaban J connectivity index is 1.44. The van der Waals surface area contributed by atoms with Crippen LogP contribution in [0.2, 0.25) is 0 Å². The van der Waals surface area contributed by atoms with E-state index in [1.165, 1.54) is 0 Å². The lowest BCUT2D eigenvalue weighted by Gasteiger charge is -2.32. The van der Waals surface area contributed by atoms with Gasteiger partial charge in [0.05, 0.1) is 20.6 Å². The molecule has 1 saturated heterocycles. The van der Waals surface area contributed by atoms with E-state index in [-0.39, 0.29) is 23.8 Å². The molecule has 0 aliphatic carbocycles. The number of hydrogen-bond acceptors (Lipinski definition) is 5. The first-order valence-electron chi connectivity index (χ1n) is 10.1. The van der Waals surface area contributed by atoms with E-state index in [1.54, 1.807) is 20.4 Å². The van der Waals surface area contributed by atoms with Crippen LogP contribution in [0.1, 0.15) is 30.0 Å². The fourth-order valence-corrected chi connectivity index (χ4v) is 4.07. The molecule has 0 bridgehead atoms. The van der Waals surface area contributed by atoms with Gasteiger partial charge in [0.2, 0.25) is 5.91 Å². The zero-order valence-corrected chi connectivity index (χ0v) is 17.2. The zero-order chi connectivity index (χ0) is 21.1. The van der Waals surface area contributed by atoms with E-state index in [0.717, 1.165) is 29.5 Å². The summed E-state index contributed by atoms with van der Waals surface area (Å²) in [4.78, 5) is 34.2. The highest BCUT2D eigenvalue weighted by molar-refractivity contribution is 5.80. The molecule has 156 valence electrons. The SMILES string of the molecule is COc1ccc(OC)c(CC(=O)N2CCC(c3cc4cccnc4c(=O)[nH]3)CC2)c1. The van der Waals surface area contributed by atoms with Crippen LogP contribution in [0.4, 0.5) is 0 Å². The number of ether oxygens (including phenoxy) is 2. The van der Waals surface area contributed by atoms with E-state index in [0.29, 0.717) is 30.1 Å². The van der Waals surface area contributed by atoms with Crippen molar-refractivity contribution >= 4 is 16.8 Å². The summed E-state index contributed by atoms with van der Waals surface area (Å²) in [6, 6.07) is 11.2. The minimum Gasteiger partial charge on any atom is -0.497 e. The van der Waals surface area contributed by atoms with Crippen molar-refractivity contribution in [3.05, 3.63) is 64.2 Å². The van der Waals surface area contributed by atoms with Crippen molar-refractivity contribution in [2.75, 3.05) is 27.3 Å². The zero-order valence-electron chi connectivity index (χ0n) is 17.2. The molecule has 0 spiro atoms. The van der Waals surface area contributed by atoms with Crippen molar-refractivity contribution < 1.29 is 14.3 Å². The van der Waals surface area contributed by atoms with Crippen molar-refractivity contribution in [3.63, 3.8) is 0 Å². The van der Waals surface area contributed by atoms with Crippen LogP contribution >= 0.6 is 0 Å². The largest absolute Gasteiger partial charge is 0.497 e. The number of hydrogen-bond donors (Lipinski definition) is 1. The van der Waals surface area contributed by atoms with Crippen LogP contribution in [0.5, 0.6) is 11.5 Å². The summed E-state index contributed by atoms with van der Waals surface area (Å²) in [5.74, 6) is 1.67. The fraction of sp³-hybridized carbons (Fsp3) is 0.348. The van der Waals surface area contributed by atoms with Crippen molar-refractivity contribution in [2.24, 2.45) is 0 Å². The summed E-state index contributed by atoms with van der Waals surface area (Å²) in [7, 11) is 3.20. The number of amides is 1. The second-order valence-electron chi connectivity index (χ2n) is 7.50. The molecule has 3 heterocycles. The highest BCUT2D eigenvalue weighted by atomic mass is 16.5. The lowest BCUT2D eigenvalue weighted by molar-refractivity contribution is -0.131. The molecule has 1 aliphatic heterocycles. The summed E-state index contributed by atoms with van der Waals surface area (Å²) in [6.07, 6.45) is 3.51. The summed E-state index contributed by atoms with van der Waals surface area (Å²) in [6.45, 7) is 1.31. The van der Waals surface area contributed by atoms with Crippen molar-refractivity contribution in [1.29, 1.82) is 0 Å². The predicted octanol–water partition coefficient (Wildman–Crippen LogP) is 2.89. The van der Waals surface area contributed by atoms with Crippen molar-refractivity contribution in [1.82, 2.24) is 14.9 Å². The highest BCUT2D eigenvalue weighted by Crippen LogP contribution is 2.29. The fourth-order valence-electron chi connectivity index (χ4n) is 4.07. The molecule has 0 saturated carbocycles. The van der Waals surface area contributed by atoms with Crippen LogP contribution in [0.3, 0.4) is 0 Å². The minimum absolute atomic E-state index is 0.0659. The molecule has 0 atom stereocenters. The van der Waals surface area contributed by atoms with Gasteiger partial charge in [-0.25, -0.2) is 0 Å². The Morgan fingerprint density at radius 1 is 1.17 bits per heavy atom. The van der Waals surface area contributed by atoms with Gasteiger partial charge in [0.1, 0.15) is 17.0 Å². The van der Waals surface area contributed by atoms with Gasteiger partial charge in [0.25, 0.3) is 5.56 Å². The molecule has 0 radical (unpaired) electrons. The van der Waals surface area contributed by atoms with Gasteiger partial charge >= 0.3 is 0 Å². The first-order valence-corrected chi connectivity index (χ1v) is 10.1. The summed E-state index contributed by atoms with van der Waals surface area (Å²) < 4.78 is 10.7. The Hall–Kier alpha value is -3.35. The number of methoxy groups -OCH3 is 2. The van der Waals surface area contributed by atoms with Crippen LogP contribution in [0, 0.1) is 0 Å². The first kappa shape index (κ1) is 19.9. The molecule has 1 fully saturated rings. The Kier molecular flexibility index (Phi) is 5.70. The molecule has 1 aromatic carbocycles. The molecule has 0 unspecified atom stereocenters. The molecule has 7 nitrogen and oxygen atoms in total. The predicted molar refractivity (Wildman–Crippen MR) is 114 cm³/mol. The molecular formula is C23H25N3O4. The topological polar surface area (TPSA) is 84.5 Å². The van der Waals surface area contributed by atoms with E-state index in [4.69, 9.17) is 9.47 Å². The lowest BCUT2D eigenvalue weighted by Crippen LogP contribution is -2.39. The molecule has 1 amide bonds. The van der Waals surface area contributed by atoms with E-state index < -0.39 is 0 Å². The summed E-state index contributed by atoms with van der Waals surface area (Å²) in [5, 5.41) is 0.847. The third kappa shape index (κ3) is 4.01. The smallest absolute Gasteiger partial charge is 0.274 e. The molecule has 7 heteroatoms. The molecule has 3 aromatic rings. The van der Waals surface area contributed by atoms with Gasteiger partial charge in [-0.15, -0.1) is 0 Å². The van der Waals surface area contributed by atoms with E-state index in [9.17, 15) is 9.59 Å². The van der Waals surface area contributed by atoms with E-state index >= 15 is 0 Å². The van der Waals surface area contributed by atoms with Crippen LogP contribution in [0.25, 0.3) is 10.9 Å². The number of fused-ring (bicyclic) bond motifs is 1. The number of pyridine rings is 2. The van der Waals surface area contributed by atoms with Gasteiger partial charge in [0.15, 0.2) is 0 Å². The van der Waals surface area contributed by atoms with Crippen LogP contribution in [-0.2, 0) is 11.2 Å². The lowest BCUT2D eigenvalue weighted by atomic mass is 9.92. The van der Waals surface area contributed by atoms with Gasteiger partial charge in [-0.3, -0.25) is 14.6 Å². The molecular weight excluding hydrogens is 382 g/mol. The second kappa shape index (κ2) is 8.57. The van der Waals surface area contributed by atoms with Gasteiger partial charge < -0.3 is 19.4 Å². The second-order valence-corrected chi connectivity index (χ2v) is 7.50. The normalized spacial score (nSPS) is 14.7. The average molecular weight is 407 g/mol. The number of likely N-dealkylation sites (tertiary alicyclic amines) is 1. The highest BCUT2D eigenvalue weighted by Gasteiger charge is 2.25. The first-order chi connectivity index (χ1) is 14.6. The number of aromatic amines is 1. The van der Waals surface area contributed by atoms with E-state index in [1.807, 2.05) is 41.3 Å². The number of nitrogens with zero attached hydrogens (tertiary/aromatic N) is 2. The molecule has 1 aliphatic rings. The number of nitrogens with one attached hydrogen (secondary N) is 1. The van der Waals surface area contributed by atoms with Gasteiger partial charge in [-0.05, 0) is 43.2 Å². The van der Waals surface area contributed by atoms with Gasteiger partial charge in [-0.2, -0.15) is 0 Å². The van der Waals surface area contributed by atoms with Crippen LogP contribution in [-0.4, -0.2) is 48.1 Å². The summed E-state index contributed by atoms with van der Waals surface area (Å²) >= 11 is 0. The Labute approximate surface area is 174 Å². The number of H-pyrrole nitrogens is 1. The minimum atomic E-state index is -0.160. The quantitative estimate of drug-likeness (QED) is 0.703. The molecule has 2 aromatic heterocycles. The maximum atomic E-state index is 12.9. The number of benzene rings is 1. The monoisotopic (exact) mass is 407 g/mol. The van der Waals surface area contributed by atoms with Crippen molar-refractivity contribution in [2.45, 2.75) is 25.2 Å². The standard InChI is InChI=1S/C23H25N3O4/c1-29-18-5-6-20(30-2)17(12-18)14-21(27)26-10-7-15(8-11-26)19-13-16-4-3-9-24-22(16)23(28)25-19/h3-6,9,12-13,15H,7-8,10-11,14H2,1-2H3,(H,25,28). The molecule has 4 rings (SSSR count). The van der Waals surface area contributed by atoms with Crippen molar-refractivity contribution in [3.8, 4) is 11.5 Å². The van der Waals surface area contributed by atoms with Gasteiger partial charge in [0, 0.05) is 41.8 Å². The van der Waals surface area contributed by atoms with E-state index in [2.05, 4.69) is 9.97 Å². The average Bonchev–Trinajstić information content (AvgIpc) is 2.79. The van der Waals surface area contributed by atoms with Crippen LogP contribution in [0.15, 0.2) is 47.4 Å². The third-order valence-electron chi connectivity index (χ3n) is 5.74. The molecule has 1 N–H and O–H groups in total. The van der Waals surface area contributed by atoms with Crippen LogP contribution < -0.4 is 15.0 Å². The number of rotatable bonds is 5. The number of aromatic nitrogens is 2. The number of carbonyl (C=O) groups excluding carboxylic acids is 1. The Morgan fingerprint density at radius 3 is 2.70 bits per heavy atom. The number of carbonyl (C=O) groups is 1. The third-order valence-corrected chi connectivity index (χ3v) is 5.74. The number of piperidine rings is 1. The maximum absolute atomic E-state index is 12.9. The Bertz CT molecular complexity index is 1120. The molecule has 30 heavy (non-hydrogen) atoms. The maximum Gasteiger partial charge on any atom is 0.274 e. The Morgan fingerprint density at radius 2 is 1.97 bits per heavy atom. The summed E-state index contributed by atoms with van der Waals surface area (Å²) in [5.41, 5.74) is 2.03. The van der Waals surface area contributed by atoms with Gasteiger partial charge in [-0.1, -0.05) is 6.07 Å².